The topological polar surface area (TPSA) is 32.7 Å². The van der Waals surface area contributed by atoms with Crippen LogP contribution in [-0.4, -0.2) is 36.8 Å². The molecule has 1 aliphatic rings. The van der Waals surface area contributed by atoms with E-state index in [9.17, 15) is 5.11 Å². The molecule has 1 saturated heterocycles. The zero-order chi connectivity index (χ0) is 13.0. The summed E-state index contributed by atoms with van der Waals surface area (Å²) in [6.07, 6.45) is 2.46. The zero-order valence-electron chi connectivity index (χ0n) is 10.7. The van der Waals surface area contributed by atoms with Crippen LogP contribution in [0.5, 0.6) is 5.75 Å². The van der Waals surface area contributed by atoms with E-state index in [4.69, 9.17) is 4.74 Å². The van der Waals surface area contributed by atoms with Crippen LogP contribution < -0.4 is 0 Å². The van der Waals surface area contributed by atoms with E-state index >= 15 is 0 Å². The maximum absolute atomic E-state index is 10.00. The number of rotatable bonds is 4. The van der Waals surface area contributed by atoms with Gasteiger partial charge in [-0.2, -0.15) is 0 Å². The van der Waals surface area contributed by atoms with Gasteiger partial charge in [0.1, 0.15) is 5.75 Å². The van der Waals surface area contributed by atoms with Crippen molar-refractivity contribution < 1.29 is 9.84 Å². The number of aromatic hydroxyl groups is 1. The van der Waals surface area contributed by atoms with Crippen LogP contribution in [0.3, 0.4) is 0 Å². The van der Waals surface area contributed by atoms with Gasteiger partial charge in [-0.15, -0.1) is 0 Å². The van der Waals surface area contributed by atoms with E-state index < -0.39 is 0 Å². The molecule has 2 rings (SSSR count). The van der Waals surface area contributed by atoms with Gasteiger partial charge >= 0.3 is 0 Å². The Hall–Kier alpha value is -0.580. The van der Waals surface area contributed by atoms with Gasteiger partial charge in [0.05, 0.1) is 11.1 Å². The molecule has 1 unspecified atom stereocenters. The summed E-state index contributed by atoms with van der Waals surface area (Å²) in [5, 5.41) is 10.00. The molecule has 0 radical (unpaired) electrons. The molecule has 0 bridgehead atoms. The third-order valence-corrected chi connectivity index (χ3v) is 4.11. The second-order valence-corrected chi connectivity index (χ2v) is 5.80. The Balaban J connectivity index is 1.98. The SMILES string of the molecule is COCC1CCCN(Cc2cccc(Br)c2O)C1. The standard InChI is InChI=1S/C14H20BrNO2/c1-18-10-11-4-3-7-16(8-11)9-12-5-2-6-13(15)14(12)17/h2,5-6,11,17H,3-4,7-10H2,1H3. The first-order chi connectivity index (χ1) is 8.70. The second-order valence-electron chi connectivity index (χ2n) is 4.95. The number of likely N-dealkylation sites (tertiary alicyclic amines) is 1. The van der Waals surface area contributed by atoms with E-state index in [1.165, 1.54) is 12.8 Å². The molecule has 100 valence electrons. The number of benzene rings is 1. The van der Waals surface area contributed by atoms with Crippen LogP contribution in [0.1, 0.15) is 18.4 Å². The molecule has 4 heteroatoms. The van der Waals surface area contributed by atoms with Crippen LogP contribution in [0.15, 0.2) is 22.7 Å². The van der Waals surface area contributed by atoms with Gasteiger partial charge in [0.15, 0.2) is 0 Å². The Morgan fingerprint density at radius 3 is 3.11 bits per heavy atom. The summed E-state index contributed by atoms with van der Waals surface area (Å²) in [7, 11) is 1.76. The van der Waals surface area contributed by atoms with E-state index in [0.717, 1.165) is 36.3 Å². The highest BCUT2D eigenvalue weighted by Crippen LogP contribution is 2.29. The van der Waals surface area contributed by atoms with Gasteiger partial charge in [-0.25, -0.2) is 0 Å². The fraction of sp³-hybridized carbons (Fsp3) is 0.571. The smallest absolute Gasteiger partial charge is 0.134 e. The summed E-state index contributed by atoms with van der Waals surface area (Å²) < 4.78 is 6.01. The van der Waals surface area contributed by atoms with Crippen molar-refractivity contribution in [3.63, 3.8) is 0 Å². The van der Waals surface area contributed by atoms with Gasteiger partial charge in [-0.3, -0.25) is 4.90 Å². The molecule has 0 amide bonds. The minimum absolute atomic E-state index is 0.367. The summed E-state index contributed by atoms with van der Waals surface area (Å²) in [5.41, 5.74) is 0.988. The first-order valence-corrected chi connectivity index (χ1v) is 7.17. The van der Waals surface area contributed by atoms with Gasteiger partial charge in [-0.1, -0.05) is 12.1 Å². The van der Waals surface area contributed by atoms with Crippen molar-refractivity contribution in [1.82, 2.24) is 4.90 Å². The Morgan fingerprint density at radius 1 is 1.50 bits per heavy atom. The highest BCUT2D eigenvalue weighted by molar-refractivity contribution is 9.10. The van der Waals surface area contributed by atoms with Crippen LogP contribution in [0.4, 0.5) is 0 Å². The average Bonchev–Trinajstić information content (AvgIpc) is 2.36. The van der Waals surface area contributed by atoms with Crippen LogP contribution in [0, 0.1) is 5.92 Å². The van der Waals surface area contributed by atoms with Crippen LogP contribution >= 0.6 is 15.9 Å². The Morgan fingerprint density at radius 2 is 2.33 bits per heavy atom. The fourth-order valence-corrected chi connectivity index (χ4v) is 3.00. The molecule has 1 fully saturated rings. The van der Waals surface area contributed by atoms with Crippen molar-refractivity contribution in [2.24, 2.45) is 5.92 Å². The molecule has 0 aromatic heterocycles. The monoisotopic (exact) mass is 313 g/mol. The summed E-state index contributed by atoms with van der Waals surface area (Å²) in [5.74, 6) is 0.990. The number of methoxy groups -OCH3 is 1. The lowest BCUT2D eigenvalue weighted by atomic mass is 9.98. The molecule has 0 aliphatic carbocycles. The van der Waals surface area contributed by atoms with E-state index in [2.05, 4.69) is 20.8 Å². The molecule has 0 saturated carbocycles. The maximum Gasteiger partial charge on any atom is 0.134 e. The lowest BCUT2D eigenvalue weighted by Gasteiger charge is -2.32. The van der Waals surface area contributed by atoms with Gasteiger partial charge in [-0.05, 0) is 47.3 Å². The average molecular weight is 314 g/mol. The quantitative estimate of drug-likeness (QED) is 0.927. The van der Waals surface area contributed by atoms with Gasteiger partial charge in [0.2, 0.25) is 0 Å². The normalized spacial score (nSPS) is 21.1. The second kappa shape index (κ2) is 6.55. The molecule has 1 aromatic rings. The van der Waals surface area contributed by atoms with Crippen molar-refractivity contribution in [1.29, 1.82) is 0 Å². The molecular formula is C14H20BrNO2. The Kier molecular flexibility index (Phi) is 5.03. The number of para-hydroxylation sites is 1. The highest BCUT2D eigenvalue weighted by atomic mass is 79.9. The van der Waals surface area contributed by atoms with Crippen LogP contribution in [-0.2, 0) is 11.3 Å². The fourth-order valence-electron chi connectivity index (χ4n) is 2.60. The molecule has 1 aromatic carbocycles. The lowest BCUT2D eigenvalue weighted by Crippen LogP contribution is -2.36. The number of ether oxygens (including phenoxy) is 1. The first kappa shape index (κ1) is 13.8. The molecule has 18 heavy (non-hydrogen) atoms. The van der Waals surface area contributed by atoms with Gasteiger partial charge in [0.25, 0.3) is 0 Å². The minimum atomic E-state index is 0.367. The van der Waals surface area contributed by atoms with Gasteiger partial charge < -0.3 is 9.84 Å². The van der Waals surface area contributed by atoms with E-state index in [-0.39, 0.29) is 0 Å². The summed E-state index contributed by atoms with van der Waals surface area (Å²) >= 11 is 3.36. The van der Waals surface area contributed by atoms with Crippen molar-refractivity contribution in [3.05, 3.63) is 28.2 Å². The van der Waals surface area contributed by atoms with Gasteiger partial charge in [0, 0.05) is 25.8 Å². The van der Waals surface area contributed by atoms with E-state index in [0.29, 0.717) is 11.7 Å². The van der Waals surface area contributed by atoms with Crippen molar-refractivity contribution in [3.8, 4) is 5.75 Å². The molecule has 0 spiro atoms. The Labute approximate surface area is 117 Å². The van der Waals surface area contributed by atoms with Crippen molar-refractivity contribution in [2.75, 3.05) is 26.8 Å². The Bertz CT molecular complexity index is 395. The number of nitrogens with zero attached hydrogens (tertiary/aromatic N) is 1. The highest BCUT2D eigenvalue weighted by Gasteiger charge is 2.20. The number of phenols is 1. The minimum Gasteiger partial charge on any atom is -0.506 e. The largest absolute Gasteiger partial charge is 0.506 e. The number of hydrogen-bond acceptors (Lipinski definition) is 3. The predicted molar refractivity (Wildman–Crippen MR) is 75.7 cm³/mol. The predicted octanol–water partition coefficient (Wildman–Crippen LogP) is 3.01. The molecule has 3 nitrogen and oxygen atoms in total. The van der Waals surface area contributed by atoms with Crippen LogP contribution in [0.2, 0.25) is 0 Å². The number of phenolic OH excluding ortho intramolecular Hbond substituents is 1. The molecule has 1 N–H and O–H groups in total. The summed E-state index contributed by atoms with van der Waals surface area (Å²) in [4.78, 5) is 2.40. The van der Waals surface area contributed by atoms with Crippen molar-refractivity contribution in [2.45, 2.75) is 19.4 Å². The first-order valence-electron chi connectivity index (χ1n) is 6.38. The number of hydrogen-bond donors (Lipinski definition) is 1. The third kappa shape index (κ3) is 3.46. The number of piperidine rings is 1. The third-order valence-electron chi connectivity index (χ3n) is 3.47. The van der Waals surface area contributed by atoms with Crippen molar-refractivity contribution >= 4 is 15.9 Å². The van der Waals surface area contributed by atoms with E-state index in [1.807, 2.05) is 18.2 Å². The zero-order valence-corrected chi connectivity index (χ0v) is 12.3. The van der Waals surface area contributed by atoms with E-state index in [1.54, 1.807) is 7.11 Å². The summed E-state index contributed by atoms with van der Waals surface area (Å²) in [6, 6.07) is 5.82. The molecule has 1 heterocycles. The molecule has 1 aliphatic heterocycles. The molecule has 1 atom stereocenters. The lowest BCUT2D eigenvalue weighted by molar-refractivity contribution is 0.0870. The maximum atomic E-state index is 10.00. The molecular weight excluding hydrogens is 294 g/mol. The van der Waals surface area contributed by atoms with Crippen LogP contribution in [0.25, 0.3) is 0 Å². The summed E-state index contributed by atoms with van der Waals surface area (Å²) in [6.45, 7) is 3.80. The number of halogens is 1.